The van der Waals surface area contributed by atoms with Crippen molar-refractivity contribution >= 4 is 40.3 Å². The third-order valence-corrected chi connectivity index (χ3v) is 6.32. The van der Waals surface area contributed by atoms with Gasteiger partial charge in [-0.2, -0.15) is 5.10 Å². The Kier molecular flexibility index (Phi) is 7.84. The number of fused-ring (bicyclic) bond motifs is 1. The number of likely N-dealkylation sites (N-methyl/N-ethyl adjacent to an activating group) is 1. The zero-order valence-electron chi connectivity index (χ0n) is 21.2. The van der Waals surface area contributed by atoms with Crippen molar-refractivity contribution in [2.24, 2.45) is 0 Å². The number of piperidine rings is 1. The van der Waals surface area contributed by atoms with Gasteiger partial charge in [0.25, 0.3) is 5.91 Å². The summed E-state index contributed by atoms with van der Waals surface area (Å²) in [6.45, 7) is 3.39. The highest BCUT2D eigenvalue weighted by atomic mass is 19.1. The molecule has 1 aliphatic heterocycles. The number of nitrogens with one attached hydrogen (secondary N) is 1. The molecule has 3 heterocycles. The Balaban J connectivity index is 1.66. The summed E-state index contributed by atoms with van der Waals surface area (Å²) in [4.78, 5) is 49.1. The molecule has 1 saturated heterocycles. The zero-order chi connectivity index (χ0) is 27.4. The highest BCUT2D eigenvalue weighted by Crippen LogP contribution is 2.31. The number of ether oxygens (including phenoxy) is 1. The molecular weight excluding hydrogens is 495 g/mol. The van der Waals surface area contributed by atoms with E-state index in [0.29, 0.717) is 30.7 Å². The molecule has 0 unspecified atom stereocenters. The van der Waals surface area contributed by atoms with Gasteiger partial charge in [-0.25, -0.2) is 19.0 Å². The number of amides is 3. The van der Waals surface area contributed by atoms with Crippen LogP contribution in [-0.2, 0) is 16.0 Å². The number of halogens is 1. The van der Waals surface area contributed by atoms with E-state index in [-0.39, 0.29) is 52.6 Å². The third-order valence-electron chi connectivity index (χ3n) is 6.32. The number of carbonyl (C=O) groups excluding carboxylic acids is 3. The lowest BCUT2D eigenvalue weighted by Crippen LogP contribution is -2.40. The lowest BCUT2D eigenvalue weighted by molar-refractivity contribution is -0.128. The van der Waals surface area contributed by atoms with E-state index in [0.717, 1.165) is 6.42 Å². The van der Waals surface area contributed by atoms with Crippen molar-refractivity contribution in [3.05, 3.63) is 48.4 Å². The van der Waals surface area contributed by atoms with E-state index < -0.39 is 12.8 Å². The van der Waals surface area contributed by atoms with Gasteiger partial charge >= 0.3 is 0 Å². The van der Waals surface area contributed by atoms with Gasteiger partial charge in [0.2, 0.25) is 18.7 Å². The van der Waals surface area contributed by atoms with Crippen LogP contribution in [0.3, 0.4) is 0 Å². The van der Waals surface area contributed by atoms with Crippen molar-refractivity contribution in [1.82, 2.24) is 29.5 Å². The van der Waals surface area contributed by atoms with Crippen LogP contribution in [0, 0.1) is 0 Å². The van der Waals surface area contributed by atoms with Crippen molar-refractivity contribution in [1.29, 1.82) is 0 Å². The van der Waals surface area contributed by atoms with Gasteiger partial charge in [-0.05, 0) is 36.6 Å². The molecule has 1 aliphatic rings. The molecular formula is C25H29FN8O4. The molecule has 0 spiro atoms. The molecule has 3 N–H and O–H groups in total. The number of hydrogen-bond acceptors (Lipinski definition) is 8. The van der Waals surface area contributed by atoms with Gasteiger partial charge in [0, 0.05) is 27.2 Å². The van der Waals surface area contributed by atoms with Crippen LogP contribution >= 0.6 is 0 Å². The molecule has 1 fully saturated rings. The summed E-state index contributed by atoms with van der Waals surface area (Å²) >= 11 is 0. The minimum atomic E-state index is -1.13. The van der Waals surface area contributed by atoms with Crippen molar-refractivity contribution in [2.75, 3.05) is 45.1 Å². The Morgan fingerprint density at radius 3 is 2.82 bits per heavy atom. The van der Waals surface area contributed by atoms with Gasteiger partial charge in [0.1, 0.15) is 17.9 Å². The number of benzene rings is 1. The number of nitrogens with two attached hydrogens (primary N) is 1. The Morgan fingerprint density at radius 2 is 2.11 bits per heavy atom. The maximum atomic E-state index is 13.4. The van der Waals surface area contributed by atoms with E-state index in [1.807, 2.05) is 0 Å². The smallest absolute Gasteiger partial charge is 0.277 e. The van der Waals surface area contributed by atoms with E-state index in [4.69, 9.17) is 10.5 Å². The topological polar surface area (TPSA) is 149 Å². The first-order valence-electron chi connectivity index (χ1n) is 12.0. The summed E-state index contributed by atoms with van der Waals surface area (Å²) in [6.07, 6.45) is 4.08. The van der Waals surface area contributed by atoms with Crippen LogP contribution in [0.15, 0.2) is 37.2 Å². The minimum Gasteiger partial charge on any atom is -0.461 e. The van der Waals surface area contributed by atoms with Crippen LogP contribution < -0.4 is 15.8 Å². The maximum Gasteiger partial charge on any atom is 0.277 e. The van der Waals surface area contributed by atoms with E-state index >= 15 is 0 Å². The summed E-state index contributed by atoms with van der Waals surface area (Å²) in [6, 6.07) is 4.42. The predicted molar refractivity (Wildman–Crippen MR) is 138 cm³/mol. The van der Waals surface area contributed by atoms with Gasteiger partial charge in [-0.1, -0.05) is 12.6 Å². The summed E-state index contributed by atoms with van der Waals surface area (Å²) < 4.78 is 19.8. The number of carbonyl (C=O) groups is 3. The lowest BCUT2D eigenvalue weighted by Gasteiger charge is -2.32. The first-order chi connectivity index (χ1) is 18.2. The number of alkyl halides is 1. The molecule has 1 aromatic carbocycles. The Hall–Kier alpha value is -4.55. The molecule has 200 valence electrons. The average Bonchev–Trinajstić information content (AvgIpc) is 3.31. The Labute approximate surface area is 218 Å². The first-order valence-corrected chi connectivity index (χ1v) is 12.0. The molecule has 2 aromatic heterocycles. The van der Waals surface area contributed by atoms with Crippen LogP contribution in [0.1, 0.15) is 34.9 Å². The zero-order valence-corrected chi connectivity index (χ0v) is 21.2. The molecule has 0 bridgehead atoms. The van der Waals surface area contributed by atoms with Crippen molar-refractivity contribution in [3.8, 4) is 5.75 Å². The van der Waals surface area contributed by atoms with Crippen LogP contribution in [0.5, 0.6) is 5.75 Å². The standard InChI is InChI=1S/C25H29FN8O4/c1-4-19(35)33-9-5-6-16(12-33)34-24-21(23(27)28-14-29-24)22(31-34)25(37)30-17-8-7-15(10-18(17)38-13-26)11-20(36)32(2)3/h4,7-8,10,14,16H,1,5-6,9,11-13H2,2-3H3,(H,30,37)(H2,27,28,29)/t16-/m1/s1. The Morgan fingerprint density at radius 1 is 1.32 bits per heavy atom. The number of nitrogen functional groups attached to an aromatic ring is 1. The lowest BCUT2D eigenvalue weighted by atomic mass is 10.1. The molecule has 13 heteroatoms. The van der Waals surface area contributed by atoms with Gasteiger partial charge in [0.05, 0.1) is 23.5 Å². The van der Waals surface area contributed by atoms with Crippen LogP contribution in [0.4, 0.5) is 15.9 Å². The van der Waals surface area contributed by atoms with Crippen LogP contribution in [0.2, 0.25) is 0 Å². The second-order valence-corrected chi connectivity index (χ2v) is 9.04. The van der Waals surface area contributed by atoms with E-state index in [2.05, 4.69) is 27.0 Å². The van der Waals surface area contributed by atoms with Gasteiger partial charge in [-0.3, -0.25) is 14.4 Å². The van der Waals surface area contributed by atoms with Crippen molar-refractivity contribution in [2.45, 2.75) is 25.3 Å². The number of nitrogens with zero attached hydrogens (tertiary/aromatic N) is 6. The molecule has 3 aromatic rings. The molecule has 3 amide bonds. The third kappa shape index (κ3) is 5.41. The molecule has 38 heavy (non-hydrogen) atoms. The SMILES string of the molecule is C=CC(=O)N1CCC[C@@H](n2nc(C(=O)Nc3ccc(CC(=O)N(C)C)cc3OCF)c3c(N)ncnc32)C1. The highest BCUT2D eigenvalue weighted by molar-refractivity contribution is 6.13. The fraction of sp³-hybridized carbons (Fsp3) is 0.360. The second-order valence-electron chi connectivity index (χ2n) is 9.04. The summed E-state index contributed by atoms with van der Waals surface area (Å²) in [5.74, 6) is -0.834. The van der Waals surface area contributed by atoms with Crippen molar-refractivity contribution in [3.63, 3.8) is 0 Å². The summed E-state index contributed by atoms with van der Waals surface area (Å²) in [5.41, 5.74) is 7.24. The molecule has 12 nitrogen and oxygen atoms in total. The molecule has 0 aliphatic carbocycles. The molecule has 4 rings (SSSR count). The normalized spacial score (nSPS) is 15.2. The summed E-state index contributed by atoms with van der Waals surface area (Å²) in [7, 11) is 3.27. The van der Waals surface area contributed by atoms with Crippen LogP contribution in [-0.4, -0.2) is 81.3 Å². The molecule has 0 saturated carbocycles. The second kappa shape index (κ2) is 11.2. The monoisotopic (exact) mass is 524 g/mol. The van der Waals surface area contributed by atoms with Gasteiger partial charge in [-0.15, -0.1) is 0 Å². The average molecular weight is 525 g/mol. The summed E-state index contributed by atoms with van der Waals surface area (Å²) in [5, 5.41) is 7.49. The molecule has 0 radical (unpaired) electrons. The highest BCUT2D eigenvalue weighted by Gasteiger charge is 2.29. The quantitative estimate of drug-likeness (QED) is 0.425. The van der Waals surface area contributed by atoms with Crippen molar-refractivity contribution < 1.29 is 23.5 Å². The fourth-order valence-electron chi connectivity index (χ4n) is 4.36. The van der Waals surface area contributed by atoms with E-state index in [9.17, 15) is 18.8 Å². The first kappa shape index (κ1) is 26.5. The number of rotatable bonds is 8. The van der Waals surface area contributed by atoms with Crippen LogP contribution in [0.25, 0.3) is 11.0 Å². The largest absolute Gasteiger partial charge is 0.461 e. The number of likely N-dealkylation sites (tertiary alicyclic amines) is 1. The van der Waals surface area contributed by atoms with E-state index in [1.54, 1.807) is 29.7 Å². The number of hydrogen-bond donors (Lipinski definition) is 2. The fourth-order valence-corrected chi connectivity index (χ4v) is 4.36. The number of anilines is 2. The predicted octanol–water partition coefficient (Wildman–Crippen LogP) is 1.95. The van der Waals surface area contributed by atoms with Gasteiger partial charge < -0.3 is 25.6 Å². The minimum absolute atomic E-state index is 0.0247. The molecule has 1 atom stereocenters. The maximum absolute atomic E-state index is 13.4. The van der Waals surface area contributed by atoms with Gasteiger partial charge in [0.15, 0.2) is 11.3 Å². The van der Waals surface area contributed by atoms with E-state index in [1.165, 1.54) is 29.4 Å². The number of aromatic nitrogens is 4. The Bertz CT molecular complexity index is 1390.